The van der Waals surface area contributed by atoms with Gasteiger partial charge < -0.3 is 5.11 Å². The molecule has 1 atom stereocenters. The van der Waals surface area contributed by atoms with Crippen LogP contribution in [-0.2, 0) is 0 Å². The molecule has 0 saturated heterocycles. The van der Waals surface area contributed by atoms with Gasteiger partial charge in [0.2, 0.25) is 0 Å². The van der Waals surface area contributed by atoms with Gasteiger partial charge in [0.05, 0.1) is 0 Å². The molecule has 2 aromatic carbocycles. The highest BCUT2D eigenvalue weighted by Crippen LogP contribution is 2.32. The quantitative estimate of drug-likeness (QED) is 0.845. The zero-order valence-electron chi connectivity index (χ0n) is 11.8. The Labute approximate surface area is 119 Å². The molecule has 0 radical (unpaired) electrons. The van der Waals surface area contributed by atoms with Crippen LogP contribution in [0.2, 0.25) is 5.02 Å². The zero-order valence-corrected chi connectivity index (χ0v) is 12.5. The molecular formula is C17H19ClO. The molecule has 0 aliphatic rings. The Morgan fingerprint density at radius 3 is 2.05 bits per heavy atom. The summed E-state index contributed by atoms with van der Waals surface area (Å²) in [5.74, 6) is 0. The van der Waals surface area contributed by atoms with E-state index in [1.165, 1.54) is 11.1 Å². The van der Waals surface area contributed by atoms with E-state index in [-0.39, 0.29) is 0 Å². The topological polar surface area (TPSA) is 20.2 Å². The minimum Gasteiger partial charge on any atom is -0.384 e. The van der Waals surface area contributed by atoms with Crippen LogP contribution in [0.25, 0.3) is 0 Å². The van der Waals surface area contributed by atoms with E-state index >= 15 is 0 Å². The molecule has 0 aromatic heterocycles. The lowest BCUT2D eigenvalue weighted by Crippen LogP contribution is -2.07. The minimum absolute atomic E-state index is 0.628. The minimum atomic E-state index is -0.628. The first-order chi connectivity index (χ1) is 8.91. The number of rotatable bonds is 2. The first kappa shape index (κ1) is 14.1. The Morgan fingerprint density at radius 2 is 1.53 bits per heavy atom. The van der Waals surface area contributed by atoms with Gasteiger partial charge in [-0.15, -0.1) is 0 Å². The van der Waals surface area contributed by atoms with E-state index < -0.39 is 6.10 Å². The van der Waals surface area contributed by atoms with Crippen LogP contribution >= 0.6 is 11.6 Å². The van der Waals surface area contributed by atoms with Crippen molar-refractivity contribution < 1.29 is 5.11 Å². The van der Waals surface area contributed by atoms with E-state index in [1.807, 2.05) is 24.3 Å². The van der Waals surface area contributed by atoms with Crippen LogP contribution in [0.1, 0.15) is 39.5 Å². The molecule has 2 heteroatoms. The fourth-order valence-corrected chi connectivity index (χ4v) is 2.70. The average Bonchev–Trinajstić information content (AvgIpc) is 2.36. The zero-order chi connectivity index (χ0) is 14.2. The van der Waals surface area contributed by atoms with Gasteiger partial charge >= 0.3 is 0 Å². The summed E-state index contributed by atoms with van der Waals surface area (Å²) in [7, 11) is 0. The molecule has 0 aliphatic heterocycles. The number of aliphatic hydroxyl groups is 1. The van der Waals surface area contributed by atoms with Crippen molar-refractivity contribution in [2.75, 3.05) is 0 Å². The van der Waals surface area contributed by atoms with Gasteiger partial charge in [0.15, 0.2) is 0 Å². The van der Waals surface area contributed by atoms with E-state index in [0.717, 1.165) is 22.3 Å². The third kappa shape index (κ3) is 2.68. The summed E-state index contributed by atoms with van der Waals surface area (Å²) in [5, 5.41) is 11.3. The van der Waals surface area contributed by atoms with Gasteiger partial charge in [-0.2, -0.15) is 0 Å². The maximum Gasteiger partial charge on any atom is 0.105 e. The maximum absolute atomic E-state index is 10.7. The van der Waals surface area contributed by atoms with Gasteiger partial charge in [-0.1, -0.05) is 29.8 Å². The number of aryl methyl sites for hydroxylation is 2. The maximum atomic E-state index is 10.7. The lowest BCUT2D eigenvalue weighted by atomic mass is 9.88. The van der Waals surface area contributed by atoms with Crippen molar-refractivity contribution in [3.05, 3.63) is 68.7 Å². The van der Waals surface area contributed by atoms with Crippen LogP contribution in [0.3, 0.4) is 0 Å². The smallest absolute Gasteiger partial charge is 0.105 e. The second kappa shape index (κ2) is 5.36. The molecular weight excluding hydrogens is 256 g/mol. The van der Waals surface area contributed by atoms with E-state index in [4.69, 9.17) is 11.6 Å². The summed E-state index contributed by atoms with van der Waals surface area (Å²) < 4.78 is 0. The second-order valence-electron chi connectivity index (χ2n) is 5.13. The monoisotopic (exact) mass is 274 g/mol. The third-order valence-electron chi connectivity index (χ3n) is 3.86. The Morgan fingerprint density at radius 1 is 0.947 bits per heavy atom. The van der Waals surface area contributed by atoms with Crippen molar-refractivity contribution in [2.45, 2.75) is 33.8 Å². The number of benzene rings is 2. The normalized spacial score (nSPS) is 12.5. The molecule has 19 heavy (non-hydrogen) atoms. The summed E-state index contributed by atoms with van der Waals surface area (Å²) in [5.41, 5.74) is 6.55. The van der Waals surface area contributed by atoms with Crippen LogP contribution in [-0.4, -0.2) is 5.11 Å². The highest BCUT2D eigenvalue weighted by atomic mass is 35.5. The Hall–Kier alpha value is -1.31. The summed E-state index contributed by atoms with van der Waals surface area (Å²) in [6.07, 6.45) is -0.628. The van der Waals surface area contributed by atoms with Crippen molar-refractivity contribution in [3.8, 4) is 0 Å². The Kier molecular flexibility index (Phi) is 3.98. The highest BCUT2D eigenvalue weighted by Gasteiger charge is 2.18. The van der Waals surface area contributed by atoms with Crippen LogP contribution in [0, 0.1) is 27.7 Å². The molecule has 0 saturated carbocycles. The summed E-state index contributed by atoms with van der Waals surface area (Å²) in [6, 6.07) is 9.59. The van der Waals surface area contributed by atoms with E-state index in [2.05, 4.69) is 33.8 Å². The predicted molar refractivity (Wildman–Crippen MR) is 80.9 cm³/mol. The molecule has 0 aliphatic carbocycles. The standard InChI is InChI=1S/C17H19ClO/c1-10-8-11(2)13(4)16(12(10)3)17(19)14-6-5-7-15(18)9-14/h5-9,17,19H,1-4H3. The summed E-state index contributed by atoms with van der Waals surface area (Å²) in [6.45, 7) is 8.28. The van der Waals surface area contributed by atoms with Gasteiger partial charge in [-0.3, -0.25) is 0 Å². The van der Waals surface area contributed by atoms with Gasteiger partial charge in [0.1, 0.15) is 6.10 Å². The van der Waals surface area contributed by atoms with Crippen molar-refractivity contribution in [1.29, 1.82) is 0 Å². The van der Waals surface area contributed by atoms with Gasteiger partial charge in [-0.25, -0.2) is 0 Å². The van der Waals surface area contributed by atoms with Crippen molar-refractivity contribution in [3.63, 3.8) is 0 Å². The molecule has 0 fully saturated rings. The lowest BCUT2D eigenvalue weighted by molar-refractivity contribution is 0.218. The Balaban J connectivity index is 2.59. The number of hydrogen-bond donors (Lipinski definition) is 1. The number of aliphatic hydroxyl groups excluding tert-OH is 1. The van der Waals surface area contributed by atoms with E-state index in [1.54, 1.807) is 0 Å². The van der Waals surface area contributed by atoms with Gasteiger partial charge in [0, 0.05) is 5.02 Å². The molecule has 2 rings (SSSR count). The second-order valence-corrected chi connectivity index (χ2v) is 5.57. The van der Waals surface area contributed by atoms with E-state index in [9.17, 15) is 5.11 Å². The van der Waals surface area contributed by atoms with Crippen molar-refractivity contribution in [1.82, 2.24) is 0 Å². The average molecular weight is 275 g/mol. The van der Waals surface area contributed by atoms with Crippen LogP contribution in [0.5, 0.6) is 0 Å². The molecule has 1 N–H and O–H groups in total. The van der Waals surface area contributed by atoms with Crippen molar-refractivity contribution in [2.24, 2.45) is 0 Å². The predicted octanol–water partition coefficient (Wildman–Crippen LogP) is 4.66. The Bertz CT molecular complexity index is 591. The first-order valence-electron chi connectivity index (χ1n) is 6.42. The van der Waals surface area contributed by atoms with Crippen LogP contribution in [0.15, 0.2) is 30.3 Å². The van der Waals surface area contributed by atoms with Gasteiger partial charge in [0.25, 0.3) is 0 Å². The molecule has 100 valence electrons. The third-order valence-corrected chi connectivity index (χ3v) is 4.10. The number of hydrogen-bond acceptors (Lipinski definition) is 1. The number of halogens is 1. The van der Waals surface area contributed by atoms with Crippen molar-refractivity contribution >= 4 is 11.6 Å². The fourth-order valence-electron chi connectivity index (χ4n) is 2.50. The fraction of sp³-hybridized carbons (Fsp3) is 0.294. The van der Waals surface area contributed by atoms with Gasteiger partial charge in [-0.05, 0) is 73.2 Å². The summed E-state index contributed by atoms with van der Waals surface area (Å²) in [4.78, 5) is 0. The SMILES string of the molecule is Cc1cc(C)c(C)c(C(O)c2cccc(Cl)c2)c1C. The molecule has 0 heterocycles. The van der Waals surface area contributed by atoms with Crippen LogP contribution in [0.4, 0.5) is 0 Å². The largest absolute Gasteiger partial charge is 0.384 e. The lowest BCUT2D eigenvalue weighted by Gasteiger charge is -2.20. The molecule has 1 nitrogen and oxygen atoms in total. The first-order valence-corrected chi connectivity index (χ1v) is 6.80. The molecule has 2 aromatic rings. The molecule has 0 spiro atoms. The van der Waals surface area contributed by atoms with Crippen LogP contribution < -0.4 is 0 Å². The highest BCUT2D eigenvalue weighted by molar-refractivity contribution is 6.30. The molecule has 0 bridgehead atoms. The van der Waals surface area contributed by atoms with E-state index in [0.29, 0.717) is 5.02 Å². The molecule has 1 unspecified atom stereocenters. The molecule has 0 amide bonds. The summed E-state index contributed by atoms with van der Waals surface area (Å²) >= 11 is 6.01.